The van der Waals surface area contributed by atoms with E-state index in [-0.39, 0.29) is 5.56 Å². The number of benzene rings is 1. The lowest BCUT2D eigenvalue weighted by Gasteiger charge is -2.05. The Labute approximate surface area is 115 Å². The van der Waals surface area contributed by atoms with E-state index in [1.807, 2.05) is 28.8 Å². The van der Waals surface area contributed by atoms with E-state index in [9.17, 15) is 4.79 Å². The lowest BCUT2D eigenvalue weighted by molar-refractivity contribution is 0.0697. The zero-order chi connectivity index (χ0) is 12.4. The number of hydrogen-bond acceptors (Lipinski definition) is 1. The van der Waals surface area contributed by atoms with Crippen LogP contribution in [0.1, 0.15) is 15.9 Å². The van der Waals surface area contributed by atoms with E-state index in [4.69, 9.17) is 5.11 Å². The Kier molecular flexibility index (Phi) is 3.69. The van der Waals surface area contributed by atoms with Crippen molar-refractivity contribution in [3.63, 3.8) is 0 Å². The van der Waals surface area contributed by atoms with Gasteiger partial charge in [-0.1, -0.05) is 28.1 Å². The summed E-state index contributed by atoms with van der Waals surface area (Å²) in [5.41, 5.74) is 1.39. The van der Waals surface area contributed by atoms with E-state index in [0.29, 0.717) is 6.54 Å². The van der Waals surface area contributed by atoms with E-state index in [2.05, 4.69) is 31.9 Å². The number of carboxylic acids is 1. The Morgan fingerprint density at radius 2 is 2.06 bits per heavy atom. The molecule has 1 heterocycles. The molecule has 2 aromatic rings. The summed E-state index contributed by atoms with van der Waals surface area (Å²) >= 11 is 6.76. The van der Waals surface area contributed by atoms with Crippen LogP contribution in [0.4, 0.5) is 0 Å². The molecule has 1 N–H and O–H groups in total. The van der Waals surface area contributed by atoms with Crippen LogP contribution in [0.2, 0.25) is 0 Å². The molecule has 0 fully saturated rings. The summed E-state index contributed by atoms with van der Waals surface area (Å²) in [6.07, 6.45) is 1.62. The Morgan fingerprint density at radius 1 is 1.29 bits per heavy atom. The molecule has 88 valence electrons. The van der Waals surface area contributed by atoms with Crippen LogP contribution in [-0.4, -0.2) is 15.6 Å². The minimum absolute atomic E-state index is 0.284. The van der Waals surface area contributed by atoms with Gasteiger partial charge in [0.15, 0.2) is 0 Å². The van der Waals surface area contributed by atoms with Crippen molar-refractivity contribution in [3.05, 3.63) is 56.7 Å². The number of rotatable bonds is 3. The van der Waals surface area contributed by atoms with Gasteiger partial charge in [0, 0.05) is 17.2 Å². The second-order valence-corrected chi connectivity index (χ2v) is 5.34. The average molecular weight is 359 g/mol. The van der Waals surface area contributed by atoms with Crippen molar-refractivity contribution in [1.29, 1.82) is 0 Å². The molecule has 1 aromatic heterocycles. The highest BCUT2D eigenvalue weighted by molar-refractivity contribution is 9.10. The molecule has 0 aliphatic rings. The summed E-state index contributed by atoms with van der Waals surface area (Å²) in [7, 11) is 0. The predicted molar refractivity (Wildman–Crippen MR) is 72.3 cm³/mol. The molecule has 0 atom stereocenters. The van der Waals surface area contributed by atoms with Crippen LogP contribution in [0.25, 0.3) is 0 Å². The first-order chi connectivity index (χ1) is 8.06. The van der Waals surface area contributed by atoms with Crippen LogP contribution in [0, 0.1) is 0 Å². The van der Waals surface area contributed by atoms with E-state index < -0.39 is 5.97 Å². The van der Waals surface area contributed by atoms with Crippen molar-refractivity contribution in [2.24, 2.45) is 0 Å². The molecule has 0 aliphatic carbocycles. The zero-order valence-electron chi connectivity index (χ0n) is 8.73. The van der Waals surface area contributed by atoms with Crippen LogP contribution in [-0.2, 0) is 6.54 Å². The SMILES string of the molecule is O=C(O)c1cc(Br)n(Cc2cccc(Br)c2)c1. The second kappa shape index (κ2) is 5.06. The molecule has 3 nitrogen and oxygen atoms in total. The van der Waals surface area contributed by atoms with Gasteiger partial charge in [-0.3, -0.25) is 0 Å². The number of carboxylic acid groups (broad SMARTS) is 1. The van der Waals surface area contributed by atoms with Crippen molar-refractivity contribution in [2.45, 2.75) is 6.54 Å². The number of halogens is 2. The van der Waals surface area contributed by atoms with Crippen LogP contribution in [0.15, 0.2) is 45.6 Å². The molecule has 0 bridgehead atoms. The fraction of sp³-hybridized carbons (Fsp3) is 0.0833. The van der Waals surface area contributed by atoms with Crippen LogP contribution < -0.4 is 0 Å². The zero-order valence-corrected chi connectivity index (χ0v) is 11.9. The van der Waals surface area contributed by atoms with E-state index in [1.54, 1.807) is 12.3 Å². The molecular formula is C12H9Br2NO2. The first-order valence-corrected chi connectivity index (χ1v) is 6.48. The highest BCUT2D eigenvalue weighted by Gasteiger charge is 2.09. The van der Waals surface area contributed by atoms with Gasteiger partial charge in [0.05, 0.1) is 10.2 Å². The van der Waals surface area contributed by atoms with Gasteiger partial charge in [-0.05, 0) is 39.7 Å². The summed E-state index contributed by atoms with van der Waals surface area (Å²) in [5, 5.41) is 8.89. The molecule has 17 heavy (non-hydrogen) atoms. The summed E-state index contributed by atoms with van der Waals surface area (Å²) in [6.45, 7) is 0.632. The monoisotopic (exact) mass is 357 g/mol. The van der Waals surface area contributed by atoms with Gasteiger partial charge >= 0.3 is 5.97 Å². The number of nitrogens with zero attached hydrogens (tertiary/aromatic N) is 1. The Balaban J connectivity index is 2.27. The molecule has 0 spiro atoms. The number of aromatic carboxylic acids is 1. The maximum Gasteiger partial charge on any atom is 0.337 e. The summed E-state index contributed by atoms with van der Waals surface area (Å²) in [6, 6.07) is 9.51. The van der Waals surface area contributed by atoms with E-state index in [0.717, 1.165) is 14.6 Å². The Morgan fingerprint density at radius 3 is 2.65 bits per heavy atom. The standard InChI is InChI=1S/C12H9Br2NO2/c13-10-3-1-2-8(4-10)6-15-7-9(12(16)17)5-11(15)14/h1-5,7H,6H2,(H,16,17). The van der Waals surface area contributed by atoms with E-state index in [1.165, 1.54) is 0 Å². The molecule has 0 aliphatic heterocycles. The molecular weight excluding hydrogens is 350 g/mol. The molecule has 0 unspecified atom stereocenters. The van der Waals surface area contributed by atoms with E-state index >= 15 is 0 Å². The van der Waals surface area contributed by atoms with Crippen LogP contribution >= 0.6 is 31.9 Å². The van der Waals surface area contributed by atoms with Gasteiger partial charge < -0.3 is 9.67 Å². The van der Waals surface area contributed by atoms with Gasteiger partial charge in [-0.2, -0.15) is 0 Å². The second-order valence-electron chi connectivity index (χ2n) is 3.61. The van der Waals surface area contributed by atoms with Gasteiger partial charge in [0.2, 0.25) is 0 Å². The Bertz CT molecular complexity index is 563. The lowest BCUT2D eigenvalue weighted by Crippen LogP contribution is -1.99. The van der Waals surface area contributed by atoms with Gasteiger partial charge in [-0.15, -0.1) is 0 Å². The van der Waals surface area contributed by atoms with Gasteiger partial charge in [-0.25, -0.2) is 4.79 Å². The summed E-state index contributed by atoms with van der Waals surface area (Å²) in [5.74, 6) is -0.918. The quantitative estimate of drug-likeness (QED) is 0.907. The highest BCUT2D eigenvalue weighted by atomic mass is 79.9. The summed E-state index contributed by atoms with van der Waals surface area (Å²) in [4.78, 5) is 10.8. The fourth-order valence-corrected chi connectivity index (χ4v) is 2.47. The minimum atomic E-state index is -0.918. The lowest BCUT2D eigenvalue weighted by atomic mass is 10.2. The van der Waals surface area contributed by atoms with Gasteiger partial charge in [0.1, 0.15) is 0 Å². The normalized spacial score (nSPS) is 10.5. The first-order valence-electron chi connectivity index (χ1n) is 4.89. The maximum atomic E-state index is 10.8. The molecule has 0 saturated heterocycles. The minimum Gasteiger partial charge on any atom is -0.478 e. The molecule has 1 aromatic carbocycles. The molecule has 2 rings (SSSR count). The largest absolute Gasteiger partial charge is 0.478 e. The predicted octanol–water partition coefficient (Wildman–Crippen LogP) is 3.76. The third-order valence-electron chi connectivity index (χ3n) is 2.33. The number of hydrogen-bond donors (Lipinski definition) is 1. The molecule has 0 saturated carbocycles. The van der Waals surface area contributed by atoms with Gasteiger partial charge in [0.25, 0.3) is 0 Å². The topological polar surface area (TPSA) is 42.2 Å². The van der Waals surface area contributed by atoms with Crippen LogP contribution in [0.3, 0.4) is 0 Å². The third kappa shape index (κ3) is 2.98. The molecule has 5 heteroatoms. The average Bonchev–Trinajstić information content (AvgIpc) is 2.61. The van der Waals surface area contributed by atoms with Crippen LogP contribution in [0.5, 0.6) is 0 Å². The number of aromatic nitrogens is 1. The van der Waals surface area contributed by atoms with Crippen molar-refractivity contribution < 1.29 is 9.90 Å². The van der Waals surface area contributed by atoms with Crippen molar-refractivity contribution >= 4 is 37.8 Å². The van der Waals surface area contributed by atoms with Crippen molar-refractivity contribution in [2.75, 3.05) is 0 Å². The maximum absolute atomic E-state index is 10.8. The van der Waals surface area contributed by atoms with Crippen molar-refractivity contribution in [1.82, 2.24) is 4.57 Å². The smallest absolute Gasteiger partial charge is 0.337 e. The first kappa shape index (κ1) is 12.4. The number of carbonyl (C=O) groups is 1. The third-order valence-corrected chi connectivity index (χ3v) is 3.51. The fourth-order valence-electron chi connectivity index (χ4n) is 1.55. The Hall–Kier alpha value is -1.07. The molecule has 0 amide bonds. The van der Waals surface area contributed by atoms with Crippen molar-refractivity contribution in [3.8, 4) is 0 Å². The summed E-state index contributed by atoms with van der Waals surface area (Å²) < 4.78 is 3.62. The highest BCUT2D eigenvalue weighted by Crippen LogP contribution is 2.19. The molecule has 0 radical (unpaired) electrons.